The van der Waals surface area contributed by atoms with Crippen LogP contribution in [0.25, 0.3) is 0 Å². The predicted octanol–water partition coefficient (Wildman–Crippen LogP) is 3.10. The van der Waals surface area contributed by atoms with Gasteiger partial charge in [0.1, 0.15) is 11.9 Å². The van der Waals surface area contributed by atoms with Gasteiger partial charge in [0.05, 0.1) is 6.04 Å². The summed E-state index contributed by atoms with van der Waals surface area (Å²) in [6, 6.07) is 6.91. The van der Waals surface area contributed by atoms with Crippen molar-refractivity contribution in [2.24, 2.45) is 11.8 Å². The number of rotatable bonds is 4. The highest BCUT2D eigenvalue weighted by molar-refractivity contribution is 5.11. The fraction of sp³-hybridized carbons (Fsp3) is 0.636. The van der Waals surface area contributed by atoms with Crippen molar-refractivity contribution in [3.05, 3.63) is 42.6 Å². The van der Waals surface area contributed by atoms with E-state index in [9.17, 15) is 0 Å². The lowest BCUT2D eigenvalue weighted by atomic mass is 9.77. The number of hydrogen-bond acceptors (Lipinski definition) is 5. The molecule has 5 rings (SSSR count). The molecular weight excluding hydrogens is 352 g/mol. The fourth-order valence-corrected chi connectivity index (χ4v) is 5.50. The lowest BCUT2D eigenvalue weighted by Gasteiger charge is -2.38. The molecule has 4 atom stereocenters. The summed E-state index contributed by atoms with van der Waals surface area (Å²) >= 11 is 0. The van der Waals surface area contributed by atoms with Gasteiger partial charge in [-0.15, -0.1) is 0 Å². The molecule has 28 heavy (non-hydrogen) atoms. The minimum absolute atomic E-state index is 0.138. The van der Waals surface area contributed by atoms with Gasteiger partial charge in [-0.25, -0.2) is 9.97 Å². The molecule has 0 amide bonds. The number of pyridine rings is 1. The zero-order chi connectivity index (χ0) is 18.9. The number of aryl methyl sites for hydroxylation is 1. The van der Waals surface area contributed by atoms with Crippen LogP contribution in [-0.4, -0.2) is 57.9 Å². The Morgan fingerprint density at radius 3 is 2.57 bits per heavy atom. The minimum atomic E-state index is 0.138. The molecule has 3 fully saturated rings. The Hall–Kier alpha value is -1.92. The molecule has 150 valence electrons. The van der Waals surface area contributed by atoms with E-state index in [-0.39, 0.29) is 6.10 Å². The van der Waals surface area contributed by atoms with Crippen LogP contribution in [0.3, 0.4) is 0 Å². The Morgan fingerprint density at radius 2 is 1.86 bits per heavy atom. The van der Waals surface area contributed by atoms with E-state index >= 15 is 0 Å². The van der Waals surface area contributed by atoms with Gasteiger partial charge in [-0.3, -0.25) is 4.90 Å². The van der Waals surface area contributed by atoms with E-state index in [1.807, 2.05) is 24.4 Å². The normalized spacial score (nSPS) is 31.6. The summed E-state index contributed by atoms with van der Waals surface area (Å²) in [6.45, 7) is 6.34. The SMILES string of the molecule is Cc1nccn1[C@H]1C[C@H]2CN(C3CCOCC3)C[C@H]2C[C@@H]1Oc1ccccn1. The van der Waals surface area contributed by atoms with Crippen molar-refractivity contribution in [2.45, 2.75) is 50.8 Å². The molecular formula is C22H30N4O2. The maximum Gasteiger partial charge on any atom is 0.213 e. The summed E-state index contributed by atoms with van der Waals surface area (Å²) in [5.74, 6) is 3.24. The molecule has 0 radical (unpaired) electrons. The van der Waals surface area contributed by atoms with Gasteiger partial charge in [-0.05, 0) is 50.5 Å². The monoisotopic (exact) mass is 382 g/mol. The van der Waals surface area contributed by atoms with Crippen LogP contribution in [0.1, 0.15) is 37.5 Å². The van der Waals surface area contributed by atoms with Gasteiger partial charge in [0.2, 0.25) is 5.88 Å². The third-order valence-electron chi connectivity index (χ3n) is 6.95. The number of fused-ring (bicyclic) bond motifs is 1. The minimum Gasteiger partial charge on any atom is -0.472 e. The van der Waals surface area contributed by atoms with E-state index in [0.717, 1.165) is 43.7 Å². The summed E-state index contributed by atoms with van der Waals surface area (Å²) in [5.41, 5.74) is 0. The first-order valence-electron chi connectivity index (χ1n) is 10.7. The Bertz CT molecular complexity index is 774. The topological polar surface area (TPSA) is 52.4 Å². The van der Waals surface area contributed by atoms with E-state index in [0.29, 0.717) is 18.0 Å². The van der Waals surface area contributed by atoms with Gasteiger partial charge in [0.25, 0.3) is 0 Å². The Labute approximate surface area is 166 Å². The quantitative estimate of drug-likeness (QED) is 0.813. The highest BCUT2D eigenvalue weighted by atomic mass is 16.5. The van der Waals surface area contributed by atoms with Gasteiger partial charge in [0.15, 0.2) is 0 Å². The number of imidazole rings is 1. The Morgan fingerprint density at radius 1 is 1.04 bits per heavy atom. The standard InChI is InChI=1S/C22H30N4O2/c1-16-23-8-9-26(16)20-12-17-14-25(19-5-10-27-11-6-19)15-18(17)13-21(20)28-22-4-2-3-7-24-22/h2-4,7-9,17-21H,5-6,10-15H2,1H3/t17-,18+,20-,21-/m0/s1. The Balaban J connectivity index is 1.36. The molecule has 2 aromatic heterocycles. The summed E-state index contributed by atoms with van der Waals surface area (Å²) in [4.78, 5) is 11.6. The van der Waals surface area contributed by atoms with E-state index in [1.165, 1.54) is 25.9 Å². The van der Waals surface area contributed by atoms with Crippen LogP contribution in [0.5, 0.6) is 5.88 Å². The summed E-state index contributed by atoms with van der Waals surface area (Å²) < 4.78 is 14.3. The van der Waals surface area contributed by atoms with Crippen LogP contribution in [0, 0.1) is 18.8 Å². The van der Waals surface area contributed by atoms with Crippen molar-refractivity contribution in [2.75, 3.05) is 26.3 Å². The first kappa shape index (κ1) is 18.1. The van der Waals surface area contributed by atoms with Crippen molar-refractivity contribution in [1.29, 1.82) is 0 Å². The molecule has 2 aromatic rings. The number of nitrogens with zero attached hydrogens (tertiary/aromatic N) is 4. The lowest BCUT2D eigenvalue weighted by Crippen LogP contribution is -2.40. The highest BCUT2D eigenvalue weighted by Gasteiger charge is 2.45. The molecule has 4 heterocycles. The smallest absolute Gasteiger partial charge is 0.213 e. The first-order chi connectivity index (χ1) is 13.8. The summed E-state index contributed by atoms with van der Waals surface area (Å²) in [5, 5.41) is 0. The van der Waals surface area contributed by atoms with Crippen LogP contribution in [0.2, 0.25) is 0 Å². The van der Waals surface area contributed by atoms with E-state index < -0.39 is 0 Å². The van der Waals surface area contributed by atoms with Gasteiger partial charge < -0.3 is 14.0 Å². The molecule has 6 heteroatoms. The second-order valence-electron chi connectivity index (χ2n) is 8.56. The van der Waals surface area contributed by atoms with Crippen LogP contribution in [-0.2, 0) is 4.74 Å². The molecule has 0 unspecified atom stereocenters. The van der Waals surface area contributed by atoms with Crippen molar-refractivity contribution in [3.63, 3.8) is 0 Å². The summed E-state index contributed by atoms with van der Waals surface area (Å²) in [7, 11) is 0. The van der Waals surface area contributed by atoms with Gasteiger partial charge in [-0.1, -0.05) is 6.07 Å². The highest BCUT2D eigenvalue weighted by Crippen LogP contribution is 2.44. The fourth-order valence-electron chi connectivity index (χ4n) is 5.50. The third-order valence-corrected chi connectivity index (χ3v) is 6.95. The molecule has 3 aliphatic rings. The third kappa shape index (κ3) is 3.55. The first-order valence-corrected chi connectivity index (χ1v) is 10.7. The zero-order valence-corrected chi connectivity index (χ0v) is 16.6. The molecule has 0 spiro atoms. The van der Waals surface area contributed by atoms with Gasteiger partial charge in [0, 0.05) is 57.0 Å². The van der Waals surface area contributed by atoms with E-state index in [1.54, 1.807) is 6.20 Å². The maximum atomic E-state index is 6.44. The van der Waals surface area contributed by atoms with Gasteiger partial charge >= 0.3 is 0 Å². The molecule has 6 nitrogen and oxygen atoms in total. The molecule has 2 aliphatic heterocycles. The molecule has 2 saturated heterocycles. The van der Waals surface area contributed by atoms with Crippen LogP contribution >= 0.6 is 0 Å². The zero-order valence-electron chi connectivity index (χ0n) is 16.6. The number of ether oxygens (including phenoxy) is 2. The van der Waals surface area contributed by atoms with Crippen LogP contribution in [0.4, 0.5) is 0 Å². The molecule has 0 bridgehead atoms. The lowest BCUT2D eigenvalue weighted by molar-refractivity contribution is 0.0401. The molecule has 0 N–H and O–H groups in total. The van der Waals surface area contributed by atoms with E-state index in [4.69, 9.17) is 9.47 Å². The van der Waals surface area contributed by atoms with Crippen molar-refractivity contribution < 1.29 is 9.47 Å². The van der Waals surface area contributed by atoms with Crippen molar-refractivity contribution in [1.82, 2.24) is 19.4 Å². The second kappa shape index (κ2) is 7.84. The van der Waals surface area contributed by atoms with Crippen LogP contribution < -0.4 is 4.74 Å². The van der Waals surface area contributed by atoms with Crippen molar-refractivity contribution in [3.8, 4) is 5.88 Å². The summed E-state index contributed by atoms with van der Waals surface area (Å²) in [6.07, 6.45) is 10.6. The molecule has 1 aliphatic carbocycles. The average molecular weight is 383 g/mol. The maximum absolute atomic E-state index is 6.44. The Kier molecular flexibility index (Phi) is 5.07. The van der Waals surface area contributed by atoms with Gasteiger partial charge in [-0.2, -0.15) is 0 Å². The average Bonchev–Trinajstić information content (AvgIpc) is 3.34. The van der Waals surface area contributed by atoms with E-state index in [2.05, 4.69) is 32.6 Å². The largest absolute Gasteiger partial charge is 0.472 e. The number of likely N-dealkylation sites (tertiary alicyclic amines) is 1. The predicted molar refractivity (Wildman–Crippen MR) is 106 cm³/mol. The second-order valence-corrected chi connectivity index (χ2v) is 8.56. The molecule has 0 aromatic carbocycles. The number of hydrogen-bond donors (Lipinski definition) is 0. The van der Waals surface area contributed by atoms with Crippen molar-refractivity contribution >= 4 is 0 Å². The molecule has 1 saturated carbocycles. The van der Waals surface area contributed by atoms with Crippen LogP contribution in [0.15, 0.2) is 36.8 Å². The number of aromatic nitrogens is 3.